The summed E-state index contributed by atoms with van der Waals surface area (Å²) in [5.74, 6) is 1.76. The first-order chi connectivity index (χ1) is 16.6. The number of piperazine rings is 1. The lowest BCUT2D eigenvalue weighted by molar-refractivity contribution is 0.397. The SMILES string of the molecule is Nc1nc(CSC(=S)N2CCN(c3ccccc3)CC2)nc(Nc2ccc3ccccc3c2)n1. The lowest BCUT2D eigenvalue weighted by Gasteiger charge is -2.37. The topological polar surface area (TPSA) is 83.2 Å². The molecule has 34 heavy (non-hydrogen) atoms. The van der Waals surface area contributed by atoms with Gasteiger partial charge in [-0.1, -0.05) is 72.5 Å². The molecular weight excluding hydrogens is 462 g/mol. The molecule has 2 heterocycles. The molecule has 3 N–H and O–H groups in total. The van der Waals surface area contributed by atoms with Crippen molar-refractivity contribution >= 4 is 62.3 Å². The summed E-state index contributed by atoms with van der Waals surface area (Å²) in [6.45, 7) is 3.69. The van der Waals surface area contributed by atoms with Crippen LogP contribution in [0, 0.1) is 0 Å². The largest absolute Gasteiger partial charge is 0.368 e. The molecule has 1 aliphatic rings. The molecule has 0 bridgehead atoms. The number of benzene rings is 3. The molecule has 0 atom stereocenters. The van der Waals surface area contributed by atoms with E-state index in [0.29, 0.717) is 17.5 Å². The third-order valence-electron chi connectivity index (χ3n) is 5.69. The molecule has 0 saturated carbocycles. The fourth-order valence-electron chi connectivity index (χ4n) is 3.96. The highest BCUT2D eigenvalue weighted by Crippen LogP contribution is 2.23. The van der Waals surface area contributed by atoms with E-state index in [9.17, 15) is 0 Å². The van der Waals surface area contributed by atoms with Crippen molar-refractivity contribution in [1.29, 1.82) is 0 Å². The van der Waals surface area contributed by atoms with Gasteiger partial charge < -0.3 is 20.9 Å². The van der Waals surface area contributed by atoms with Crippen molar-refractivity contribution < 1.29 is 0 Å². The molecule has 0 spiro atoms. The molecule has 9 heteroatoms. The molecule has 1 saturated heterocycles. The van der Waals surface area contributed by atoms with Crippen molar-refractivity contribution in [1.82, 2.24) is 19.9 Å². The lowest BCUT2D eigenvalue weighted by Crippen LogP contribution is -2.47. The highest BCUT2D eigenvalue weighted by atomic mass is 32.2. The van der Waals surface area contributed by atoms with Crippen LogP contribution in [0.25, 0.3) is 10.8 Å². The Kier molecular flexibility index (Phi) is 6.73. The molecule has 0 amide bonds. The van der Waals surface area contributed by atoms with Crippen molar-refractivity contribution in [3.8, 4) is 0 Å². The quantitative estimate of drug-likeness (QED) is 0.390. The average Bonchev–Trinajstić information content (AvgIpc) is 2.87. The van der Waals surface area contributed by atoms with Crippen LogP contribution < -0.4 is 16.0 Å². The van der Waals surface area contributed by atoms with E-state index >= 15 is 0 Å². The number of thiocarbonyl (C=S) groups is 1. The van der Waals surface area contributed by atoms with E-state index in [-0.39, 0.29) is 5.95 Å². The van der Waals surface area contributed by atoms with E-state index in [1.54, 1.807) is 11.8 Å². The zero-order valence-electron chi connectivity index (χ0n) is 18.6. The second-order valence-electron chi connectivity index (χ2n) is 7.98. The standard InChI is InChI=1S/C25H25N7S2/c26-23-28-22(29-24(30-23)27-20-11-10-18-6-4-5-7-19(18)16-20)17-34-25(33)32-14-12-31(13-15-32)21-8-2-1-3-9-21/h1-11,16H,12-15,17H2,(H3,26,27,28,29,30). The molecule has 0 radical (unpaired) electrons. The van der Waals surface area contributed by atoms with Crippen molar-refractivity contribution in [2.45, 2.75) is 5.75 Å². The van der Waals surface area contributed by atoms with Crippen LogP contribution in [0.3, 0.4) is 0 Å². The van der Waals surface area contributed by atoms with E-state index in [0.717, 1.165) is 41.6 Å². The zero-order valence-corrected chi connectivity index (χ0v) is 20.2. The molecule has 5 rings (SSSR count). The van der Waals surface area contributed by atoms with Crippen molar-refractivity contribution in [2.24, 2.45) is 0 Å². The predicted octanol–water partition coefficient (Wildman–Crippen LogP) is 4.69. The second-order valence-corrected chi connectivity index (χ2v) is 9.59. The Morgan fingerprint density at radius 1 is 0.882 bits per heavy atom. The van der Waals surface area contributed by atoms with Gasteiger partial charge in [0.1, 0.15) is 10.1 Å². The summed E-state index contributed by atoms with van der Waals surface area (Å²) in [5.41, 5.74) is 8.12. The summed E-state index contributed by atoms with van der Waals surface area (Å²) in [7, 11) is 0. The second kappa shape index (κ2) is 10.2. The normalized spacial score (nSPS) is 13.8. The predicted molar refractivity (Wildman–Crippen MR) is 146 cm³/mol. The Bertz CT molecular complexity index is 1290. The Labute approximate surface area is 208 Å². The number of hydrogen-bond donors (Lipinski definition) is 2. The molecule has 0 aliphatic carbocycles. The number of nitrogens with one attached hydrogen (secondary N) is 1. The molecule has 1 fully saturated rings. The molecular formula is C25H25N7S2. The fraction of sp³-hybridized carbons (Fsp3) is 0.200. The molecule has 7 nitrogen and oxygen atoms in total. The van der Waals surface area contributed by atoms with E-state index in [1.165, 1.54) is 11.1 Å². The number of nitrogen functional groups attached to an aromatic ring is 1. The summed E-state index contributed by atoms with van der Waals surface area (Å²) >= 11 is 7.26. The maximum Gasteiger partial charge on any atom is 0.232 e. The van der Waals surface area contributed by atoms with Crippen LogP contribution in [-0.4, -0.2) is 50.4 Å². The van der Waals surface area contributed by atoms with Crippen LogP contribution >= 0.6 is 24.0 Å². The fourth-order valence-corrected chi connectivity index (χ4v) is 5.06. The molecule has 0 unspecified atom stereocenters. The van der Waals surface area contributed by atoms with E-state index in [4.69, 9.17) is 18.0 Å². The van der Waals surface area contributed by atoms with Crippen molar-refractivity contribution in [2.75, 3.05) is 42.1 Å². The monoisotopic (exact) mass is 487 g/mol. The number of hydrogen-bond acceptors (Lipinski definition) is 8. The third kappa shape index (κ3) is 5.37. The number of para-hydroxylation sites is 1. The summed E-state index contributed by atoms with van der Waals surface area (Å²) < 4.78 is 0.857. The summed E-state index contributed by atoms with van der Waals surface area (Å²) in [4.78, 5) is 17.7. The summed E-state index contributed by atoms with van der Waals surface area (Å²) in [6, 6.07) is 24.8. The Morgan fingerprint density at radius 2 is 1.62 bits per heavy atom. The van der Waals surface area contributed by atoms with Gasteiger partial charge in [-0.15, -0.1) is 0 Å². The number of nitrogens with two attached hydrogens (primary N) is 1. The Morgan fingerprint density at radius 3 is 2.41 bits per heavy atom. The average molecular weight is 488 g/mol. The zero-order chi connectivity index (χ0) is 23.3. The number of rotatable bonds is 5. The smallest absolute Gasteiger partial charge is 0.232 e. The van der Waals surface area contributed by atoms with Gasteiger partial charge in [0.05, 0.1) is 5.75 Å². The van der Waals surface area contributed by atoms with Gasteiger partial charge >= 0.3 is 0 Å². The first-order valence-electron chi connectivity index (χ1n) is 11.1. The van der Waals surface area contributed by atoms with Gasteiger partial charge in [0.25, 0.3) is 0 Å². The minimum atomic E-state index is 0.191. The molecule has 172 valence electrons. The van der Waals surface area contributed by atoms with Crippen LogP contribution in [0.2, 0.25) is 0 Å². The first kappa shape index (κ1) is 22.4. The highest BCUT2D eigenvalue weighted by molar-refractivity contribution is 8.22. The van der Waals surface area contributed by atoms with E-state index < -0.39 is 0 Å². The maximum absolute atomic E-state index is 5.96. The number of thioether (sulfide) groups is 1. The van der Waals surface area contributed by atoms with Gasteiger partial charge in [0.15, 0.2) is 0 Å². The number of anilines is 4. The maximum atomic E-state index is 5.96. The highest BCUT2D eigenvalue weighted by Gasteiger charge is 2.20. The van der Waals surface area contributed by atoms with Crippen LogP contribution in [0.1, 0.15) is 5.82 Å². The molecule has 3 aromatic carbocycles. The molecule has 1 aliphatic heterocycles. The van der Waals surface area contributed by atoms with Crippen LogP contribution in [0.15, 0.2) is 72.8 Å². The summed E-state index contributed by atoms with van der Waals surface area (Å²) in [6.07, 6.45) is 0. The van der Waals surface area contributed by atoms with Crippen molar-refractivity contribution in [3.63, 3.8) is 0 Å². The van der Waals surface area contributed by atoms with E-state index in [1.807, 2.05) is 24.3 Å². The van der Waals surface area contributed by atoms with Gasteiger partial charge in [0, 0.05) is 37.6 Å². The Balaban J connectivity index is 1.18. The minimum absolute atomic E-state index is 0.191. The van der Waals surface area contributed by atoms with Crippen molar-refractivity contribution in [3.05, 3.63) is 78.6 Å². The lowest BCUT2D eigenvalue weighted by atomic mass is 10.1. The van der Waals surface area contributed by atoms with Gasteiger partial charge in [-0.3, -0.25) is 0 Å². The molecule has 1 aromatic heterocycles. The van der Waals surface area contributed by atoms with Gasteiger partial charge in [-0.05, 0) is 35.0 Å². The number of nitrogens with zero attached hydrogens (tertiary/aromatic N) is 5. The molecule has 4 aromatic rings. The summed E-state index contributed by atoms with van der Waals surface area (Å²) in [5, 5.41) is 5.57. The van der Waals surface area contributed by atoms with Crippen LogP contribution in [-0.2, 0) is 5.75 Å². The van der Waals surface area contributed by atoms with Crippen LogP contribution in [0.4, 0.5) is 23.3 Å². The number of fused-ring (bicyclic) bond motifs is 1. The van der Waals surface area contributed by atoms with E-state index in [2.05, 4.69) is 78.6 Å². The minimum Gasteiger partial charge on any atom is -0.368 e. The van der Waals surface area contributed by atoms with Gasteiger partial charge in [-0.25, -0.2) is 0 Å². The Hall–Kier alpha value is -3.43. The van der Waals surface area contributed by atoms with Gasteiger partial charge in [0.2, 0.25) is 11.9 Å². The first-order valence-corrected chi connectivity index (χ1v) is 12.5. The van der Waals surface area contributed by atoms with Crippen LogP contribution in [0.5, 0.6) is 0 Å². The number of aromatic nitrogens is 3. The third-order valence-corrected chi connectivity index (χ3v) is 7.21. The van der Waals surface area contributed by atoms with Gasteiger partial charge in [-0.2, -0.15) is 15.0 Å².